The second-order valence-electron chi connectivity index (χ2n) is 16.4. The van der Waals surface area contributed by atoms with Crippen molar-refractivity contribution in [2.24, 2.45) is 28.6 Å². The van der Waals surface area contributed by atoms with Gasteiger partial charge in [0.2, 0.25) is 27.6 Å². The van der Waals surface area contributed by atoms with Crippen LogP contribution in [-0.2, 0) is 29.2 Å². The third-order valence-electron chi connectivity index (χ3n) is 11.4. The van der Waals surface area contributed by atoms with Crippen LogP contribution in [0.3, 0.4) is 0 Å². The first-order valence-electron chi connectivity index (χ1n) is 18.2. The molecule has 6 atom stereocenters. The van der Waals surface area contributed by atoms with Gasteiger partial charge in [0.05, 0.1) is 11.8 Å². The molecular formula is C35H55F3N6O7S. The Balaban J connectivity index is 1.57. The van der Waals surface area contributed by atoms with Crippen molar-refractivity contribution < 1.29 is 45.6 Å². The van der Waals surface area contributed by atoms with Gasteiger partial charge in [0, 0.05) is 38.6 Å². The largest absolute Gasteiger partial charge is 0.389 e. The summed E-state index contributed by atoms with van der Waals surface area (Å²) in [6.45, 7) is 13.4. The summed E-state index contributed by atoms with van der Waals surface area (Å²) in [4.78, 5) is 69.1. The molecule has 4 rings (SSSR count). The first kappa shape index (κ1) is 41.5. The van der Waals surface area contributed by atoms with Crippen molar-refractivity contribution in [3.8, 4) is 0 Å². The minimum Gasteiger partial charge on any atom is -0.346 e. The maximum Gasteiger partial charge on any atom is 0.389 e. The van der Waals surface area contributed by atoms with Crippen molar-refractivity contribution in [2.45, 2.75) is 116 Å². The van der Waals surface area contributed by atoms with Crippen molar-refractivity contribution >= 4 is 39.6 Å². The Morgan fingerprint density at radius 2 is 1.63 bits per heavy atom. The highest BCUT2D eigenvalue weighted by Crippen LogP contribution is 2.65. The smallest absolute Gasteiger partial charge is 0.346 e. The van der Waals surface area contributed by atoms with Crippen LogP contribution in [0.5, 0.6) is 0 Å². The second kappa shape index (κ2) is 16.0. The molecule has 2 aliphatic heterocycles. The maximum atomic E-state index is 14.5. The number of carbonyl (C=O) groups is 5. The standard InChI is InChI=1S/C35H55F3N6O7S/c1-7-16-39-30(47)28(45)23(14-15-35(36,37)38)40-29(46)27-25-22(34(25,5)6)19-44(27)31(48)26(21-12-9-8-10-13-21)42-32(49)41-24(33(2,3)4)20-43-17-11-18-52(43,50)51/h7,21-27H,1,8-20H2,2-6H3,(H,39,47)(H,40,46)(H2,41,42,49)/t22?,23?,24-,25?,26+,27+/m1/s1. The molecule has 4 aliphatic rings. The van der Waals surface area contributed by atoms with E-state index in [9.17, 15) is 45.6 Å². The van der Waals surface area contributed by atoms with Gasteiger partial charge >= 0.3 is 12.2 Å². The van der Waals surface area contributed by atoms with E-state index in [4.69, 9.17) is 0 Å². The number of urea groups is 1. The summed E-state index contributed by atoms with van der Waals surface area (Å²) >= 11 is 0. The van der Waals surface area contributed by atoms with E-state index in [-0.39, 0.29) is 48.6 Å². The minimum atomic E-state index is -4.66. The van der Waals surface area contributed by atoms with Crippen molar-refractivity contribution in [1.82, 2.24) is 30.5 Å². The van der Waals surface area contributed by atoms with Crippen LogP contribution in [-0.4, -0.2) is 109 Å². The van der Waals surface area contributed by atoms with Gasteiger partial charge in [-0.1, -0.05) is 60.0 Å². The number of rotatable bonds is 14. The van der Waals surface area contributed by atoms with Crippen LogP contribution in [0, 0.1) is 28.6 Å². The Kier molecular flexibility index (Phi) is 12.8. The molecule has 2 aliphatic carbocycles. The first-order chi connectivity index (χ1) is 24.1. The van der Waals surface area contributed by atoms with Crippen molar-refractivity contribution in [3.05, 3.63) is 12.7 Å². The lowest BCUT2D eigenvalue weighted by Crippen LogP contribution is -2.61. The van der Waals surface area contributed by atoms with Gasteiger partial charge in [0.15, 0.2) is 0 Å². The van der Waals surface area contributed by atoms with Gasteiger partial charge in [-0.3, -0.25) is 19.2 Å². The molecule has 17 heteroatoms. The molecular weight excluding hydrogens is 705 g/mol. The first-order valence-corrected chi connectivity index (χ1v) is 19.8. The number of Topliss-reactive ketones (excluding diaryl/α,β-unsaturated/α-hetero) is 1. The summed E-state index contributed by atoms with van der Waals surface area (Å²) in [6.07, 6.45) is -1.27. The molecule has 0 spiro atoms. The number of alkyl halides is 3. The number of sulfonamides is 1. The predicted molar refractivity (Wildman–Crippen MR) is 187 cm³/mol. The molecule has 0 radical (unpaired) electrons. The quantitative estimate of drug-likeness (QED) is 0.156. The number of hydrogen-bond donors (Lipinski definition) is 4. The van der Waals surface area contributed by atoms with Gasteiger partial charge in [0.25, 0.3) is 5.91 Å². The highest BCUT2D eigenvalue weighted by molar-refractivity contribution is 7.89. The Hall–Kier alpha value is -3.21. The van der Waals surface area contributed by atoms with Crippen molar-refractivity contribution in [3.63, 3.8) is 0 Å². The maximum absolute atomic E-state index is 14.5. The fourth-order valence-corrected chi connectivity index (χ4v) is 9.60. The average Bonchev–Trinajstić information content (AvgIpc) is 3.34. The molecule has 3 unspecified atom stereocenters. The van der Waals surface area contributed by atoms with E-state index in [0.29, 0.717) is 25.8 Å². The number of halogens is 3. The molecule has 0 aromatic heterocycles. The van der Waals surface area contributed by atoms with Crippen molar-refractivity contribution in [1.29, 1.82) is 0 Å². The van der Waals surface area contributed by atoms with E-state index in [2.05, 4.69) is 27.8 Å². The van der Waals surface area contributed by atoms with Crippen LogP contribution in [0.25, 0.3) is 0 Å². The van der Waals surface area contributed by atoms with Gasteiger partial charge in [-0.25, -0.2) is 13.2 Å². The van der Waals surface area contributed by atoms with Crippen LogP contribution in [0.15, 0.2) is 12.7 Å². The SMILES string of the molecule is C=CCNC(=O)C(=O)C(CCC(F)(F)F)NC(=O)[C@@H]1C2C(CN1C(=O)[C@@H](NC(=O)N[C@H](CN1CCCS1(=O)=O)C(C)(C)C)C1CCCCC1)C2(C)C. The molecule has 294 valence electrons. The summed E-state index contributed by atoms with van der Waals surface area (Å²) < 4.78 is 66.3. The number of fused-ring (bicyclic) bond motifs is 1. The zero-order valence-corrected chi connectivity index (χ0v) is 31.6. The lowest BCUT2D eigenvalue weighted by Gasteiger charge is -2.38. The molecule has 4 fully saturated rings. The van der Waals surface area contributed by atoms with E-state index >= 15 is 0 Å². The number of nitrogens with one attached hydrogen (secondary N) is 4. The zero-order valence-electron chi connectivity index (χ0n) is 30.8. The van der Waals surface area contributed by atoms with Crippen LogP contribution >= 0.6 is 0 Å². The summed E-state index contributed by atoms with van der Waals surface area (Å²) in [5, 5.41) is 10.4. The normalized spacial score (nSPS) is 26.0. The Labute approximate surface area is 304 Å². The number of nitrogens with zero attached hydrogens (tertiary/aromatic N) is 2. The van der Waals surface area contributed by atoms with E-state index < -0.39 is 88.2 Å². The number of hydrogen-bond acceptors (Lipinski definition) is 7. The van der Waals surface area contributed by atoms with E-state index in [1.807, 2.05) is 34.6 Å². The molecule has 0 aromatic rings. The highest BCUT2D eigenvalue weighted by atomic mass is 32.2. The monoisotopic (exact) mass is 760 g/mol. The molecule has 4 N–H and O–H groups in total. The third-order valence-corrected chi connectivity index (χ3v) is 13.3. The Morgan fingerprint density at radius 3 is 2.19 bits per heavy atom. The van der Waals surface area contributed by atoms with E-state index in [1.165, 1.54) is 15.3 Å². The number of piperidine rings is 1. The fraction of sp³-hybridized carbons (Fsp3) is 0.800. The summed E-state index contributed by atoms with van der Waals surface area (Å²) in [6, 6.07) is -5.24. The van der Waals surface area contributed by atoms with Gasteiger partial charge in [-0.05, 0) is 54.3 Å². The summed E-state index contributed by atoms with van der Waals surface area (Å²) in [7, 11) is -3.44. The number of amides is 5. The number of likely N-dealkylation sites (tertiary alicyclic amines) is 1. The second-order valence-corrected chi connectivity index (χ2v) is 18.5. The lowest BCUT2D eigenvalue weighted by atomic mass is 9.83. The minimum absolute atomic E-state index is 0.0391. The fourth-order valence-electron chi connectivity index (χ4n) is 8.06. The number of ketones is 1. The predicted octanol–water partition coefficient (Wildman–Crippen LogP) is 2.87. The molecule has 52 heavy (non-hydrogen) atoms. The van der Waals surface area contributed by atoms with Crippen LogP contribution in [0.2, 0.25) is 0 Å². The van der Waals surface area contributed by atoms with Gasteiger partial charge in [-0.15, -0.1) is 6.58 Å². The van der Waals surface area contributed by atoms with Crippen LogP contribution < -0.4 is 21.3 Å². The van der Waals surface area contributed by atoms with Crippen molar-refractivity contribution in [2.75, 3.05) is 31.9 Å². The molecule has 0 aromatic carbocycles. The average molecular weight is 761 g/mol. The summed E-state index contributed by atoms with van der Waals surface area (Å²) in [5.41, 5.74) is -0.931. The highest BCUT2D eigenvalue weighted by Gasteiger charge is 2.69. The molecule has 13 nitrogen and oxygen atoms in total. The summed E-state index contributed by atoms with van der Waals surface area (Å²) in [5.74, 6) is -4.45. The van der Waals surface area contributed by atoms with E-state index in [0.717, 1.165) is 19.3 Å². The topological polar surface area (TPSA) is 174 Å². The molecule has 5 amide bonds. The van der Waals surface area contributed by atoms with Gasteiger partial charge in [0.1, 0.15) is 12.1 Å². The Bertz CT molecular complexity index is 1490. The van der Waals surface area contributed by atoms with E-state index in [1.54, 1.807) is 0 Å². The molecule has 0 bridgehead atoms. The number of carbonyl (C=O) groups excluding carboxylic acids is 5. The third kappa shape index (κ3) is 9.85. The Morgan fingerprint density at radius 1 is 0.981 bits per heavy atom. The molecule has 2 heterocycles. The van der Waals surface area contributed by atoms with Crippen LogP contribution in [0.1, 0.15) is 86.0 Å². The molecule has 2 saturated heterocycles. The van der Waals surface area contributed by atoms with Gasteiger partial charge in [-0.2, -0.15) is 17.5 Å². The van der Waals surface area contributed by atoms with Gasteiger partial charge < -0.3 is 26.2 Å². The van der Waals surface area contributed by atoms with Crippen LogP contribution in [0.4, 0.5) is 18.0 Å². The zero-order chi connectivity index (χ0) is 38.8. The molecule has 2 saturated carbocycles. The lowest BCUT2D eigenvalue weighted by molar-refractivity contribution is -0.147.